The number of aromatic nitrogens is 1. The van der Waals surface area contributed by atoms with Crippen molar-refractivity contribution in [3.8, 4) is 11.6 Å². The van der Waals surface area contributed by atoms with E-state index in [0.29, 0.717) is 30.4 Å². The normalized spacial score (nSPS) is 17.3. The molecule has 1 N–H and O–H groups in total. The van der Waals surface area contributed by atoms with Gasteiger partial charge in [-0.25, -0.2) is 9.37 Å². The zero-order valence-electron chi connectivity index (χ0n) is 19.2. The highest BCUT2D eigenvalue weighted by Crippen LogP contribution is 2.31. The molecule has 176 valence electrons. The van der Waals surface area contributed by atoms with Gasteiger partial charge in [-0.3, -0.25) is 0 Å². The van der Waals surface area contributed by atoms with Crippen molar-refractivity contribution < 1.29 is 23.7 Å². The average Bonchev–Trinajstić information content (AvgIpc) is 3.28. The van der Waals surface area contributed by atoms with Crippen molar-refractivity contribution in [3.05, 3.63) is 84.6 Å². The van der Waals surface area contributed by atoms with Gasteiger partial charge >= 0.3 is 0 Å². The maximum atomic E-state index is 13.1. The summed E-state index contributed by atoms with van der Waals surface area (Å²) in [5, 5.41) is 9.63. The van der Waals surface area contributed by atoms with Gasteiger partial charge in [0.1, 0.15) is 23.4 Å². The van der Waals surface area contributed by atoms with Crippen LogP contribution in [0.4, 0.5) is 10.1 Å². The van der Waals surface area contributed by atoms with Crippen molar-refractivity contribution in [2.75, 3.05) is 31.7 Å². The van der Waals surface area contributed by atoms with Crippen LogP contribution >= 0.6 is 0 Å². The van der Waals surface area contributed by atoms with E-state index < -0.39 is 5.82 Å². The molecule has 0 aliphatic carbocycles. The molecule has 33 heavy (non-hydrogen) atoms. The Morgan fingerprint density at radius 2 is 2.12 bits per heavy atom. The third-order valence-electron chi connectivity index (χ3n) is 5.61. The number of aliphatic hydroxyl groups excluding tert-OH is 1. The summed E-state index contributed by atoms with van der Waals surface area (Å²) in [4.78, 5) is 6.20. The van der Waals surface area contributed by atoms with Crippen LogP contribution in [0.5, 0.6) is 11.6 Å². The predicted octanol–water partition coefficient (Wildman–Crippen LogP) is 4.45. The highest BCUT2D eigenvalue weighted by Gasteiger charge is 2.26. The number of hydrogen-bond acceptors (Lipinski definition) is 6. The topological polar surface area (TPSA) is 64.1 Å². The van der Waals surface area contributed by atoms with Gasteiger partial charge in [0.05, 0.1) is 18.8 Å². The minimum Gasteiger partial charge on any atom is -0.472 e. The lowest BCUT2D eigenvalue weighted by molar-refractivity contribution is 0.146. The third-order valence-corrected chi connectivity index (χ3v) is 5.61. The Bertz CT molecular complexity index is 990. The number of rotatable bonds is 11. The number of aliphatic hydroxyl groups is 1. The van der Waals surface area contributed by atoms with Crippen LogP contribution in [0.3, 0.4) is 0 Å². The molecule has 0 amide bonds. The summed E-state index contributed by atoms with van der Waals surface area (Å²) in [6.45, 7) is 11.1. The lowest BCUT2D eigenvalue weighted by Crippen LogP contribution is -2.25. The molecule has 0 spiro atoms. The zero-order chi connectivity index (χ0) is 23.8. The molecule has 1 unspecified atom stereocenters. The molecule has 2 atom stereocenters. The number of methoxy groups -OCH3 is 1. The summed E-state index contributed by atoms with van der Waals surface area (Å²) < 4.78 is 30.5. The number of benzene rings is 1. The summed E-state index contributed by atoms with van der Waals surface area (Å²) in [5.41, 5.74) is 2.79. The van der Waals surface area contributed by atoms with Gasteiger partial charge in [0.15, 0.2) is 0 Å². The number of ether oxygens (including phenoxy) is 3. The fourth-order valence-electron chi connectivity index (χ4n) is 3.84. The van der Waals surface area contributed by atoms with E-state index in [1.807, 2.05) is 25.1 Å². The van der Waals surface area contributed by atoms with E-state index in [0.717, 1.165) is 36.0 Å². The van der Waals surface area contributed by atoms with Crippen molar-refractivity contribution >= 4 is 5.69 Å². The number of hydrogen-bond donors (Lipinski definition) is 1. The lowest BCUT2D eigenvalue weighted by Gasteiger charge is -2.23. The van der Waals surface area contributed by atoms with E-state index in [2.05, 4.69) is 23.0 Å². The minimum absolute atomic E-state index is 0.0203. The number of halogens is 1. The van der Waals surface area contributed by atoms with Gasteiger partial charge in [0.2, 0.25) is 5.88 Å². The maximum absolute atomic E-state index is 13.1. The molecule has 1 fully saturated rings. The molecule has 1 aromatic carbocycles. The van der Waals surface area contributed by atoms with E-state index in [1.54, 1.807) is 19.3 Å². The molecular formula is C26H31FN2O4. The van der Waals surface area contributed by atoms with Crippen molar-refractivity contribution in [3.63, 3.8) is 0 Å². The number of pyridine rings is 1. The highest BCUT2D eigenvalue weighted by molar-refractivity contribution is 5.58. The van der Waals surface area contributed by atoms with Gasteiger partial charge in [-0.2, -0.15) is 0 Å². The van der Waals surface area contributed by atoms with Crippen LogP contribution < -0.4 is 14.4 Å². The first-order chi connectivity index (χ1) is 16.0. The molecule has 2 aromatic rings. The number of allylic oxidation sites excluding steroid dienone is 1. The standard InChI is InChI=1S/C26H31FN2O4/c1-5-23(18(3)31-4)25(6-2)32-21-8-9-24(19(15-21)12-14-30)29-13-11-22(17-29)33-26-10-7-20(27)16-28-26/h5-10,15-16,18,22,30H,1-2,11-14,17H2,3-4H3/b25-23-/t18?,22-/m0/s1. The maximum Gasteiger partial charge on any atom is 0.213 e. The molecule has 0 bridgehead atoms. The van der Waals surface area contributed by atoms with Gasteiger partial charge in [-0.05, 0) is 49.2 Å². The summed E-state index contributed by atoms with van der Waals surface area (Å²) in [5.74, 6) is 1.23. The molecule has 1 saturated heterocycles. The minimum atomic E-state index is -0.391. The first kappa shape index (κ1) is 24.5. The van der Waals surface area contributed by atoms with E-state index in [1.165, 1.54) is 12.1 Å². The Hall–Kier alpha value is -3.16. The average molecular weight is 455 g/mol. The quantitative estimate of drug-likeness (QED) is 0.400. The fraction of sp³-hybridized carbons (Fsp3) is 0.346. The Morgan fingerprint density at radius 3 is 2.76 bits per heavy atom. The molecule has 1 aliphatic heterocycles. The van der Waals surface area contributed by atoms with Crippen LogP contribution in [0.1, 0.15) is 18.9 Å². The summed E-state index contributed by atoms with van der Waals surface area (Å²) in [7, 11) is 1.63. The SMILES string of the molecule is C=C/C(Oc1ccc(N2CC[C@H](Oc3ccc(F)cn3)C2)c(CCO)c1)=C(\C=C)C(C)OC. The Morgan fingerprint density at radius 1 is 1.30 bits per heavy atom. The second kappa shape index (κ2) is 11.6. The molecular weight excluding hydrogens is 423 g/mol. The van der Waals surface area contributed by atoms with Crippen molar-refractivity contribution in [1.82, 2.24) is 4.98 Å². The van der Waals surface area contributed by atoms with E-state index >= 15 is 0 Å². The molecule has 1 aliphatic rings. The molecule has 6 nitrogen and oxygen atoms in total. The summed E-state index contributed by atoms with van der Waals surface area (Å²) >= 11 is 0. The van der Waals surface area contributed by atoms with Gasteiger partial charge in [0, 0.05) is 44.0 Å². The Kier molecular flexibility index (Phi) is 8.63. The van der Waals surface area contributed by atoms with Crippen LogP contribution in [0, 0.1) is 5.82 Å². The Balaban J connectivity index is 1.77. The van der Waals surface area contributed by atoms with Crippen LogP contribution in [-0.4, -0.2) is 49.1 Å². The molecule has 0 radical (unpaired) electrons. The van der Waals surface area contributed by atoms with Crippen LogP contribution in [0.25, 0.3) is 0 Å². The second-order valence-electron chi connectivity index (χ2n) is 7.76. The van der Waals surface area contributed by atoms with Gasteiger partial charge < -0.3 is 24.2 Å². The van der Waals surface area contributed by atoms with Gasteiger partial charge in [-0.1, -0.05) is 19.2 Å². The number of anilines is 1. The monoisotopic (exact) mass is 454 g/mol. The smallest absolute Gasteiger partial charge is 0.213 e. The molecule has 1 aromatic heterocycles. The van der Waals surface area contributed by atoms with Crippen molar-refractivity contribution in [2.24, 2.45) is 0 Å². The largest absolute Gasteiger partial charge is 0.472 e. The zero-order valence-corrected chi connectivity index (χ0v) is 19.2. The fourth-order valence-corrected chi connectivity index (χ4v) is 3.84. The van der Waals surface area contributed by atoms with Gasteiger partial charge in [0.25, 0.3) is 0 Å². The highest BCUT2D eigenvalue weighted by atomic mass is 19.1. The second-order valence-corrected chi connectivity index (χ2v) is 7.76. The predicted molar refractivity (Wildman–Crippen MR) is 127 cm³/mol. The van der Waals surface area contributed by atoms with Crippen LogP contribution in [0.15, 0.2) is 73.2 Å². The Labute approximate surface area is 194 Å². The van der Waals surface area contributed by atoms with Crippen LogP contribution in [0.2, 0.25) is 0 Å². The molecule has 0 saturated carbocycles. The van der Waals surface area contributed by atoms with Gasteiger partial charge in [-0.15, -0.1) is 0 Å². The lowest BCUT2D eigenvalue weighted by atomic mass is 10.1. The van der Waals surface area contributed by atoms with E-state index in [9.17, 15) is 9.50 Å². The summed E-state index contributed by atoms with van der Waals surface area (Å²) in [6.07, 6.45) is 5.55. The van der Waals surface area contributed by atoms with E-state index in [4.69, 9.17) is 14.2 Å². The van der Waals surface area contributed by atoms with Crippen LogP contribution in [-0.2, 0) is 11.2 Å². The first-order valence-electron chi connectivity index (χ1n) is 11.0. The number of nitrogens with zero attached hydrogens (tertiary/aromatic N) is 2. The van der Waals surface area contributed by atoms with Crippen molar-refractivity contribution in [2.45, 2.75) is 32.0 Å². The molecule has 7 heteroatoms. The van der Waals surface area contributed by atoms with Crippen molar-refractivity contribution in [1.29, 1.82) is 0 Å². The summed E-state index contributed by atoms with van der Waals surface area (Å²) in [6, 6.07) is 8.70. The third kappa shape index (κ3) is 6.21. The van der Waals surface area contributed by atoms with E-state index in [-0.39, 0.29) is 18.8 Å². The first-order valence-corrected chi connectivity index (χ1v) is 11.0. The molecule has 3 rings (SSSR count). The molecule has 2 heterocycles.